The molecule has 1 aromatic carbocycles. The van der Waals surface area contributed by atoms with Gasteiger partial charge >= 0.3 is 0 Å². The third kappa shape index (κ3) is 3.71. The number of nitrogens with one attached hydrogen (secondary N) is 1. The minimum atomic E-state index is 0.200. The normalized spacial score (nSPS) is 23.7. The van der Waals surface area contributed by atoms with E-state index in [9.17, 15) is 0 Å². The highest BCUT2D eigenvalue weighted by Gasteiger charge is 2.21. The highest BCUT2D eigenvalue weighted by Crippen LogP contribution is 2.31. The summed E-state index contributed by atoms with van der Waals surface area (Å²) in [4.78, 5) is 6.94. The molecule has 1 aromatic rings. The number of aliphatic imine (C=N–C) groups is 1. The summed E-state index contributed by atoms with van der Waals surface area (Å²) >= 11 is 0. The van der Waals surface area contributed by atoms with Crippen LogP contribution in [0.1, 0.15) is 30.9 Å². The largest absolute Gasteiger partial charge is 0.493 e. The fourth-order valence-electron chi connectivity index (χ4n) is 3.19. The van der Waals surface area contributed by atoms with Gasteiger partial charge in [0.05, 0.1) is 12.6 Å². The van der Waals surface area contributed by atoms with E-state index >= 15 is 0 Å². The molecule has 22 heavy (non-hydrogen) atoms. The van der Waals surface area contributed by atoms with Crippen molar-refractivity contribution in [1.29, 1.82) is 0 Å². The van der Waals surface area contributed by atoms with Gasteiger partial charge in [-0.1, -0.05) is 18.2 Å². The van der Waals surface area contributed by atoms with Crippen LogP contribution in [-0.2, 0) is 0 Å². The first kappa shape index (κ1) is 15.2. The van der Waals surface area contributed by atoms with E-state index in [1.54, 1.807) is 0 Å². The molecule has 1 fully saturated rings. The first-order chi connectivity index (χ1) is 10.7. The van der Waals surface area contributed by atoms with Crippen LogP contribution >= 0.6 is 0 Å². The van der Waals surface area contributed by atoms with Crippen molar-refractivity contribution in [1.82, 2.24) is 10.2 Å². The van der Waals surface area contributed by atoms with Crippen molar-refractivity contribution in [2.75, 3.05) is 33.3 Å². The van der Waals surface area contributed by atoms with Crippen molar-refractivity contribution in [2.45, 2.75) is 25.3 Å². The van der Waals surface area contributed by atoms with Gasteiger partial charge in [0.1, 0.15) is 5.75 Å². The Morgan fingerprint density at radius 3 is 2.91 bits per heavy atom. The predicted octanol–water partition coefficient (Wildman–Crippen LogP) is 1.76. The lowest BCUT2D eigenvalue weighted by molar-refractivity contribution is 0.223. The summed E-state index contributed by atoms with van der Waals surface area (Å²) in [6.45, 7) is 3.89. The van der Waals surface area contributed by atoms with Crippen LogP contribution in [0.3, 0.4) is 0 Å². The standard InChI is InChI=1S/C17H26N4O/c1-21-9-6-13(7-10-21)12-19-17(18)20-15-8-11-22-16-5-3-2-4-14(15)16/h2-5,13,15H,6-12H2,1H3,(H3,18,19,20). The van der Waals surface area contributed by atoms with E-state index in [1.165, 1.54) is 31.5 Å². The van der Waals surface area contributed by atoms with E-state index in [1.807, 2.05) is 18.2 Å². The first-order valence-corrected chi connectivity index (χ1v) is 8.19. The van der Waals surface area contributed by atoms with E-state index in [4.69, 9.17) is 10.5 Å². The van der Waals surface area contributed by atoms with Gasteiger partial charge in [0.25, 0.3) is 0 Å². The summed E-state index contributed by atoms with van der Waals surface area (Å²) in [6.07, 6.45) is 3.35. The molecule has 0 aromatic heterocycles. The van der Waals surface area contributed by atoms with Crippen molar-refractivity contribution in [3.8, 4) is 5.75 Å². The number of guanidine groups is 1. The van der Waals surface area contributed by atoms with Gasteiger partial charge in [-0.05, 0) is 45.0 Å². The molecule has 0 aliphatic carbocycles. The molecule has 1 atom stereocenters. The summed E-state index contributed by atoms with van der Waals surface area (Å²) in [5, 5.41) is 3.36. The summed E-state index contributed by atoms with van der Waals surface area (Å²) in [7, 11) is 2.18. The molecule has 3 rings (SSSR count). The third-order valence-electron chi connectivity index (χ3n) is 4.64. The molecule has 1 unspecified atom stereocenters. The number of hydrogen-bond acceptors (Lipinski definition) is 3. The van der Waals surface area contributed by atoms with Crippen LogP contribution in [0.15, 0.2) is 29.3 Å². The second kappa shape index (κ2) is 7.01. The van der Waals surface area contributed by atoms with E-state index in [0.717, 1.165) is 25.3 Å². The van der Waals surface area contributed by atoms with Gasteiger partial charge in [0, 0.05) is 18.5 Å². The second-order valence-electron chi connectivity index (χ2n) is 6.34. The summed E-state index contributed by atoms with van der Waals surface area (Å²) < 4.78 is 5.68. The number of hydrogen-bond donors (Lipinski definition) is 2. The number of nitrogens with zero attached hydrogens (tertiary/aromatic N) is 2. The van der Waals surface area contributed by atoms with Crippen LogP contribution in [0.4, 0.5) is 0 Å². The Hall–Kier alpha value is -1.75. The summed E-state index contributed by atoms with van der Waals surface area (Å²) in [5.41, 5.74) is 7.27. The average molecular weight is 302 g/mol. The van der Waals surface area contributed by atoms with Crippen LogP contribution in [0.5, 0.6) is 5.75 Å². The lowest BCUT2D eigenvalue weighted by Crippen LogP contribution is -2.38. The van der Waals surface area contributed by atoms with Crippen LogP contribution in [0.2, 0.25) is 0 Å². The Morgan fingerprint density at radius 1 is 1.32 bits per heavy atom. The summed E-state index contributed by atoms with van der Waals surface area (Å²) in [5.74, 6) is 2.17. The van der Waals surface area contributed by atoms with E-state index in [0.29, 0.717) is 11.9 Å². The summed E-state index contributed by atoms with van der Waals surface area (Å²) in [6, 6.07) is 8.34. The Balaban J connectivity index is 1.55. The Kier molecular flexibility index (Phi) is 4.83. The fourth-order valence-corrected chi connectivity index (χ4v) is 3.19. The number of para-hydroxylation sites is 1. The molecular weight excluding hydrogens is 276 g/mol. The Labute approximate surface area is 132 Å². The maximum atomic E-state index is 6.09. The van der Waals surface area contributed by atoms with Crippen molar-refractivity contribution in [3.05, 3.63) is 29.8 Å². The predicted molar refractivity (Wildman–Crippen MR) is 89.1 cm³/mol. The van der Waals surface area contributed by atoms with Crippen molar-refractivity contribution in [2.24, 2.45) is 16.6 Å². The number of benzene rings is 1. The lowest BCUT2D eigenvalue weighted by atomic mass is 9.97. The average Bonchev–Trinajstić information content (AvgIpc) is 2.55. The Morgan fingerprint density at radius 2 is 2.09 bits per heavy atom. The lowest BCUT2D eigenvalue weighted by Gasteiger charge is -2.28. The van der Waals surface area contributed by atoms with Crippen molar-refractivity contribution >= 4 is 5.96 Å². The first-order valence-electron chi connectivity index (χ1n) is 8.19. The number of nitrogens with two attached hydrogens (primary N) is 1. The zero-order chi connectivity index (χ0) is 15.4. The molecule has 0 radical (unpaired) electrons. The molecule has 0 amide bonds. The van der Waals surface area contributed by atoms with Gasteiger partial charge in [-0.3, -0.25) is 4.99 Å². The van der Waals surface area contributed by atoms with Gasteiger partial charge in [0.2, 0.25) is 0 Å². The molecular formula is C17H26N4O. The molecule has 0 spiro atoms. The molecule has 1 saturated heterocycles. The van der Waals surface area contributed by atoms with Crippen LogP contribution < -0.4 is 15.8 Å². The van der Waals surface area contributed by atoms with Gasteiger partial charge < -0.3 is 20.7 Å². The van der Waals surface area contributed by atoms with E-state index < -0.39 is 0 Å². The maximum absolute atomic E-state index is 6.09. The third-order valence-corrected chi connectivity index (χ3v) is 4.64. The molecule has 5 heteroatoms. The smallest absolute Gasteiger partial charge is 0.189 e. The van der Waals surface area contributed by atoms with Crippen molar-refractivity contribution in [3.63, 3.8) is 0 Å². The molecule has 2 aliphatic heterocycles. The molecule has 120 valence electrons. The SMILES string of the molecule is CN1CCC(CN=C(N)NC2CCOc3ccccc32)CC1. The maximum Gasteiger partial charge on any atom is 0.189 e. The van der Waals surface area contributed by atoms with Crippen molar-refractivity contribution < 1.29 is 4.74 Å². The molecule has 2 heterocycles. The number of ether oxygens (including phenoxy) is 1. The number of piperidine rings is 1. The van der Waals surface area contributed by atoms with Gasteiger partial charge in [-0.25, -0.2) is 0 Å². The van der Waals surface area contributed by atoms with Crippen LogP contribution in [-0.4, -0.2) is 44.1 Å². The van der Waals surface area contributed by atoms with Crippen LogP contribution in [0, 0.1) is 5.92 Å². The van der Waals surface area contributed by atoms with Gasteiger partial charge in [-0.15, -0.1) is 0 Å². The van der Waals surface area contributed by atoms with Crippen LogP contribution in [0.25, 0.3) is 0 Å². The van der Waals surface area contributed by atoms with E-state index in [-0.39, 0.29) is 6.04 Å². The minimum Gasteiger partial charge on any atom is -0.493 e. The zero-order valence-electron chi connectivity index (χ0n) is 13.3. The van der Waals surface area contributed by atoms with E-state index in [2.05, 4.69) is 28.3 Å². The highest BCUT2D eigenvalue weighted by molar-refractivity contribution is 5.78. The molecule has 2 aliphatic rings. The quantitative estimate of drug-likeness (QED) is 0.660. The van der Waals surface area contributed by atoms with Gasteiger partial charge in [-0.2, -0.15) is 0 Å². The molecule has 0 bridgehead atoms. The zero-order valence-corrected chi connectivity index (χ0v) is 13.3. The monoisotopic (exact) mass is 302 g/mol. The number of likely N-dealkylation sites (tertiary alicyclic amines) is 1. The molecule has 3 N–H and O–H groups in total. The topological polar surface area (TPSA) is 62.9 Å². The number of rotatable bonds is 3. The Bertz CT molecular complexity index is 523. The van der Waals surface area contributed by atoms with Gasteiger partial charge in [0.15, 0.2) is 5.96 Å². The molecule has 0 saturated carbocycles. The minimum absolute atomic E-state index is 0.200. The second-order valence-corrected chi connectivity index (χ2v) is 6.34. The fraction of sp³-hybridized carbons (Fsp3) is 0.588. The number of fused-ring (bicyclic) bond motifs is 1. The highest BCUT2D eigenvalue weighted by atomic mass is 16.5. The molecule has 5 nitrogen and oxygen atoms in total.